The molecule has 8 atom stereocenters. The Balaban J connectivity index is 1.98. The van der Waals surface area contributed by atoms with Crippen LogP contribution in [0.4, 0.5) is 0 Å². The van der Waals surface area contributed by atoms with Gasteiger partial charge in [0.25, 0.3) is 0 Å². The Kier molecular flexibility index (Phi) is 24.1. The molecule has 2 fully saturated rings. The van der Waals surface area contributed by atoms with Gasteiger partial charge in [-0.1, -0.05) is 13.8 Å². The van der Waals surface area contributed by atoms with Crippen molar-refractivity contribution in [2.75, 3.05) is 39.3 Å². The van der Waals surface area contributed by atoms with Crippen LogP contribution in [0.15, 0.2) is 0 Å². The van der Waals surface area contributed by atoms with E-state index in [0.29, 0.717) is 25.8 Å². The van der Waals surface area contributed by atoms with Crippen molar-refractivity contribution in [2.45, 2.75) is 133 Å². The predicted molar refractivity (Wildman–Crippen MR) is 234 cm³/mol. The summed E-state index contributed by atoms with van der Waals surface area (Å²) in [5, 5.41) is 40.9. The molecule has 0 aromatic heterocycles. The molecule has 0 spiro atoms. The van der Waals surface area contributed by atoms with Gasteiger partial charge in [-0.15, -0.1) is 0 Å². The largest absolute Gasteiger partial charge is 0.480 e. The van der Waals surface area contributed by atoms with Crippen LogP contribution in [0.2, 0.25) is 0 Å². The summed E-state index contributed by atoms with van der Waals surface area (Å²) in [4.78, 5) is 153. The highest BCUT2D eigenvalue weighted by Crippen LogP contribution is 2.18. The molecular weight excluding hydrogens is 887 g/mol. The quantitative estimate of drug-likeness (QED) is 0.0310. The van der Waals surface area contributed by atoms with Crippen molar-refractivity contribution in [1.82, 2.24) is 52.8 Å². The van der Waals surface area contributed by atoms with Crippen LogP contribution in [0, 0.1) is 5.92 Å². The van der Waals surface area contributed by atoms with E-state index in [1.165, 1.54) is 11.8 Å². The second-order valence-electron chi connectivity index (χ2n) is 16.8. The first-order chi connectivity index (χ1) is 31.5. The molecule has 0 aromatic carbocycles. The van der Waals surface area contributed by atoms with Gasteiger partial charge in [-0.2, -0.15) is 0 Å². The number of carbonyl (C=O) groups excluding carboxylic acids is 11. The molecule has 0 aliphatic carbocycles. The number of likely N-dealkylation sites (tertiary alicyclic amines) is 1. The molecule has 376 valence electrons. The summed E-state index contributed by atoms with van der Waals surface area (Å²) in [5.74, 6) is -10.6. The number of nitrogens with two attached hydrogens (primary N) is 3. The maximum absolute atomic E-state index is 13.3. The maximum atomic E-state index is 13.3. The summed E-state index contributed by atoms with van der Waals surface area (Å²) in [6.45, 7) is 3.63. The van der Waals surface area contributed by atoms with Crippen LogP contribution in [-0.2, 0) is 57.5 Å². The first kappa shape index (κ1) is 56.6. The third kappa shape index (κ3) is 20.7. The zero-order valence-corrected chi connectivity index (χ0v) is 38.0. The van der Waals surface area contributed by atoms with E-state index in [1.807, 2.05) is 0 Å². The van der Waals surface area contributed by atoms with E-state index in [9.17, 15) is 67.7 Å². The average molecular weight is 954 g/mol. The van der Waals surface area contributed by atoms with E-state index in [0.717, 1.165) is 0 Å². The van der Waals surface area contributed by atoms with Gasteiger partial charge in [0.05, 0.1) is 38.2 Å². The van der Waals surface area contributed by atoms with Crippen LogP contribution in [-0.4, -0.2) is 174 Å². The maximum Gasteiger partial charge on any atom is 0.326 e. The number of nitrogens with one attached hydrogen (secondary N) is 9. The molecule has 0 bridgehead atoms. The monoisotopic (exact) mass is 953 g/mol. The molecule has 11 amide bonds. The highest BCUT2D eigenvalue weighted by atomic mass is 16.4. The van der Waals surface area contributed by atoms with Gasteiger partial charge in [-0.3, -0.25) is 52.7 Å². The SMILES string of the molecule is CC(C)C[C@H](NC(=O)CNC(=O)[C@H](CC(N)=O)NC(=O)[C@H](CCC(N)=O)NC(=O)CNC(=O)[C@@H]1C[C@@H](O)CN1)C(=O)N[C@@H](C)C(=O)NCC(=O)N1CCC[C@H]1C(=O)N[C@@H](CCCCN)C(=O)O. The molecule has 0 saturated carbocycles. The fourth-order valence-corrected chi connectivity index (χ4v) is 7.08. The summed E-state index contributed by atoms with van der Waals surface area (Å²) in [6, 6.07) is -8.53. The van der Waals surface area contributed by atoms with Gasteiger partial charge in [0, 0.05) is 19.5 Å². The van der Waals surface area contributed by atoms with Crippen molar-refractivity contribution in [3.05, 3.63) is 0 Å². The predicted octanol–water partition coefficient (Wildman–Crippen LogP) is -7.11. The zero-order valence-electron chi connectivity index (χ0n) is 38.0. The summed E-state index contributed by atoms with van der Waals surface area (Å²) >= 11 is 0. The van der Waals surface area contributed by atoms with Gasteiger partial charge in [0.1, 0.15) is 36.3 Å². The number of carboxylic acid groups (broad SMARTS) is 1. The molecular formula is C40H67N13O14. The number of aliphatic hydroxyl groups excluding tert-OH is 1. The van der Waals surface area contributed by atoms with Crippen LogP contribution >= 0.6 is 0 Å². The Labute approximate surface area is 386 Å². The summed E-state index contributed by atoms with van der Waals surface area (Å²) in [5.41, 5.74) is 16.0. The van der Waals surface area contributed by atoms with E-state index < -0.39 is 152 Å². The lowest BCUT2D eigenvalue weighted by Crippen LogP contribution is -2.57. The van der Waals surface area contributed by atoms with E-state index in [-0.39, 0.29) is 51.1 Å². The summed E-state index contributed by atoms with van der Waals surface area (Å²) in [7, 11) is 0. The normalized spacial score (nSPS) is 18.8. The fourth-order valence-electron chi connectivity index (χ4n) is 7.08. The number of carboxylic acids is 1. The molecule has 2 rings (SSSR count). The van der Waals surface area contributed by atoms with Gasteiger partial charge < -0.3 is 80.2 Å². The Hall–Kier alpha value is -6.48. The third-order valence-corrected chi connectivity index (χ3v) is 10.6. The summed E-state index contributed by atoms with van der Waals surface area (Å²) < 4.78 is 0. The molecule has 17 N–H and O–H groups in total. The van der Waals surface area contributed by atoms with Crippen molar-refractivity contribution >= 4 is 70.9 Å². The molecule has 67 heavy (non-hydrogen) atoms. The van der Waals surface area contributed by atoms with Crippen molar-refractivity contribution in [3.63, 3.8) is 0 Å². The zero-order chi connectivity index (χ0) is 50.4. The van der Waals surface area contributed by atoms with Crippen LogP contribution < -0.4 is 65.1 Å². The summed E-state index contributed by atoms with van der Waals surface area (Å²) in [6.07, 6.45) is -0.135. The van der Waals surface area contributed by atoms with Crippen molar-refractivity contribution in [1.29, 1.82) is 0 Å². The molecule has 2 aliphatic rings. The minimum absolute atomic E-state index is 0.0650. The fraction of sp³-hybridized carbons (Fsp3) is 0.700. The molecule has 2 saturated heterocycles. The molecule has 27 heteroatoms. The smallest absolute Gasteiger partial charge is 0.326 e. The first-order valence-electron chi connectivity index (χ1n) is 22.1. The topological polar surface area (TPSA) is 435 Å². The second kappa shape index (κ2) is 28.5. The number of hydrogen-bond acceptors (Lipinski definition) is 15. The Morgan fingerprint density at radius 2 is 1.31 bits per heavy atom. The van der Waals surface area contributed by atoms with Gasteiger partial charge in [-0.05, 0) is 70.8 Å². The number of rotatable bonds is 29. The van der Waals surface area contributed by atoms with Crippen LogP contribution in [0.5, 0.6) is 0 Å². The molecule has 0 aromatic rings. The van der Waals surface area contributed by atoms with Crippen LogP contribution in [0.3, 0.4) is 0 Å². The lowest BCUT2D eigenvalue weighted by atomic mass is 10.0. The number of carbonyl (C=O) groups is 12. The molecule has 2 heterocycles. The Morgan fingerprint density at radius 3 is 1.90 bits per heavy atom. The van der Waals surface area contributed by atoms with E-state index in [1.54, 1.807) is 13.8 Å². The van der Waals surface area contributed by atoms with E-state index in [4.69, 9.17) is 17.2 Å². The van der Waals surface area contributed by atoms with Crippen LogP contribution in [0.1, 0.15) is 85.0 Å². The number of unbranched alkanes of at least 4 members (excludes halogenated alkanes) is 1. The van der Waals surface area contributed by atoms with Gasteiger partial charge >= 0.3 is 5.97 Å². The van der Waals surface area contributed by atoms with Crippen LogP contribution in [0.25, 0.3) is 0 Å². The second-order valence-corrected chi connectivity index (χ2v) is 16.8. The molecule has 2 aliphatic heterocycles. The van der Waals surface area contributed by atoms with Crippen molar-refractivity contribution in [3.8, 4) is 0 Å². The lowest BCUT2D eigenvalue weighted by molar-refractivity contribution is -0.144. The van der Waals surface area contributed by atoms with Gasteiger partial charge in [0.2, 0.25) is 65.0 Å². The number of aliphatic carboxylic acids is 1. The number of aliphatic hydroxyl groups is 1. The Morgan fingerprint density at radius 1 is 0.687 bits per heavy atom. The van der Waals surface area contributed by atoms with Gasteiger partial charge in [0.15, 0.2) is 0 Å². The van der Waals surface area contributed by atoms with Crippen molar-refractivity contribution in [2.24, 2.45) is 23.1 Å². The van der Waals surface area contributed by atoms with E-state index >= 15 is 0 Å². The number of hydrogen-bond donors (Lipinski definition) is 14. The lowest BCUT2D eigenvalue weighted by Gasteiger charge is -2.26. The third-order valence-electron chi connectivity index (χ3n) is 10.6. The number of amides is 11. The minimum Gasteiger partial charge on any atom is -0.480 e. The van der Waals surface area contributed by atoms with Crippen molar-refractivity contribution < 1.29 is 67.7 Å². The number of β-amino-alcohol motifs (C(OH)–C–C–N with tert-alkyl or cyclic N) is 1. The first-order valence-corrected chi connectivity index (χ1v) is 22.1. The van der Waals surface area contributed by atoms with Gasteiger partial charge in [-0.25, -0.2) is 4.79 Å². The number of nitrogens with zero attached hydrogens (tertiary/aromatic N) is 1. The Bertz CT molecular complexity index is 1820. The molecule has 0 radical (unpaired) electrons. The van der Waals surface area contributed by atoms with E-state index in [2.05, 4.69) is 47.9 Å². The number of primary amides is 2. The standard InChI is InChI=1S/C40H67N13O14/c1-20(2)13-26(38(64)48-21(3)34(60)47-19-33(59)53-12-6-8-28(53)39(65)51-24(40(66)67)7-4-5-11-41)50-32(58)18-46-36(62)27(15-30(43)56)52-37(63)23(9-10-29(42)55)49-31(57)17-45-35(61)25-14-22(54)16-44-25/h20-28,44,54H,4-19,41H2,1-3H3,(H2,42,55)(H2,43,56)(H,45,61)(H,46,62)(H,47,60)(H,48,64)(H,49,57)(H,50,58)(H,51,65)(H,52,63)(H,66,67)/t21-,22+,23-,24-,25-,26-,27-,28-/m0/s1. The highest BCUT2D eigenvalue weighted by molar-refractivity contribution is 5.98. The highest BCUT2D eigenvalue weighted by Gasteiger charge is 2.37. The molecule has 27 nitrogen and oxygen atoms in total. The molecule has 0 unspecified atom stereocenters. The average Bonchev–Trinajstić information content (AvgIpc) is 3.93. The minimum atomic E-state index is -1.69.